The van der Waals surface area contributed by atoms with Crippen LogP contribution in [0.5, 0.6) is 0 Å². The number of amides is 1. The zero-order valence-electron chi connectivity index (χ0n) is 7.93. The van der Waals surface area contributed by atoms with E-state index in [0.717, 1.165) is 0 Å². The predicted molar refractivity (Wildman–Crippen MR) is 57.4 cm³/mol. The van der Waals surface area contributed by atoms with E-state index < -0.39 is 0 Å². The average Bonchev–Trinajstić information content (AvgIpc) is 2.00. The van der Waals surface area contributed by atoms with E-state index in [2.05, 4.69) is 26.2 Å². The third-order valence-corrected chi connectivity index (χ3v) is 1.90. The van der Waals surface area contributed by atoms with Crippen molar-refractivity contribution in [3.8, 4) is 0 Å². The molecule has 0 bridgehead atoms. The van der Waals surface area contributed by atoms with Crippen LogP contribution in [0.1, 0.15) is 24.3 Å². The molecule has 0 saturated heterocycles. The Hall–Kier alpha value is -1.10. The maximum absolute atomic E-state index is 11.5. The minimum Gasteiger partial charge on any atom is -0.349 e. The van der Waals surface area contributed by atoms with Crippen molar-refractivity contribution in [3.05, 3.63) is 32.7 Å². The number of rotatable bonds is 2. The highest BCUT2D eigenvalue weighted by Crippen LogP contribution is 2.02. The van der Waals surface area contributed by atoms with Crippen LogP contribution >= 0.6 is 15.9 Å². The van der Waals surface area contributed by atoms with Crippen LogP contribution in [0.25, 0.3) is 0 Å². The van der Waals surface area contributed by atoms with Gasteiger partial charge < -0.3 is 10.3 Å². The molecule has 0 unspecified atom stereocenters. The highest BCUT2D eigenvalue weighted by Gasteiger charge is 2.08. The molecule has 1 amide bonds. The van der Waals surface area contributed by atoms with Crippen molar-refractivity contribution in [3.63, 3.8) is 0 Å². The fraction of sp³-hybridized carbons (Fsp3) is 0.333. The summed E-state index contributed by atoms with van der Waals surface area (Å²) in [5, 5.41) is 2.68. The van der Waals surface area contributed by atoms with Crippen molar-refractivity contribution >= 4 is 21.8 Å². The number of hydrogen-bond donors (Lipinski definition) is 2. The standard InChI is InChI=1S/C9H11BrN2O2/c1-5(2)11-9(14)7-3-6(13)4-8(10)12-7/h3-5H,1-2H3,(H,11,14)(H,12,13). The van der Waals surface area contributed by atoms with Crippen LogP contribution in [0, 0.1) is 0 Å². The molecule has 2 N–H and O–H groups in total. The van der Waals surface area contributed by atoms with Gasteiger partial charge in [-0.1, -0.05) is 0 Å². The molecule has 0 aromatic carbocycles. The lowest BCUT2D eigenvalue weighted by molar-refractivity contribution is 0.0938. The molecule has 0 aliphatic rings. The Morgan fingerprint density at radius 2 is 2.14 bits per heavy atom. The molecule has 76 valence electrons. The summed E-state index contributed by atoms with van der Waals surface area (Å²) < 4.78 is 0.499. The summed E-state index contributed by atoms with van der Waals surface area (Å²) in [7, 11) is 0. The number of H-pyrrole nitrogens is 1. The van der Waals surface area contributed by atoms with Crippen LogP contribution in [0.15, 0.2) is 21.5 Å². The number of hydrogen-bond acceptors (Lipinski definition) is 2. The van der Waals surface area contributed by atoms with Crippen LogP contribution in [0.2, 0.25) is 0 Å². The SMILES string of the molecule is CC(C)NC(=O)c1cc(=O)cc(Br)[nH]1. The lowest BCUT2D eigenvalue weighted by Crippen LogP contribution is -2.31. The number of nitrogens with one attached hydrogen (secondary N) is 2. The summed E-state index contributed by atoms with van der Waals surface area (Å²) in [5.74, 6) is -0.279. The van der Waals surface area contributed by atoms with E-state index in [1.54, 1.807) is 0 Å². The molecular formula is C9H11BrN2O2. The van der Waals surface area contributed by atoms with E-state index in [0.29, 0.717) is 4.60 Å². The number of carbonyl (C=O) groups excluding carboxylic acids is 1. The molecule has 1 rings (SSSR count). The van der Waals surface area contributed by atoms with Gasteiger partial charge in [-0.15, -0.1) is 0 Å². The normalized spacial score (nSPS) is 10.3. The van der Waals surface area contributed by atoms with Gasteiger partial charge >= 0.3 is 0 Å². The quantitative estimate of drug-likeness (QED) is 0.786. The van der Waals surface area contributed by atoms with Crippen LogP contribution in [-0.2, 0) is 0 Å². The van der Waals surface area contributed by atoms with Gasteiger partial charge in [-0.3, -0.25) is 9.59 Å². The van der Waals surface area contributed by atoms with Crippen LogP contribution in [0.4, 0.5) is 0 Å². The third-order valence-electron chi connectivity index (χ3n) is 1.47. The van der Waals surface area contributed by atoms with Gasteiger partial charge in [0.05, 0.1) is 4.60 Å². The van der Waals surface area contributed by atoms with E-state index in [1.807, 2.05) is 13.8 Å². The number of aromatic nitrogens is 1. The number of halogens is 1. The molecule has 14 heavy (non-hydrogen) atoms. The van der Waals surface area contributed by atoms with Crippen LogP contribution in [0.3, 0.4) is 0 Å². The van der Waals surface area contributed by atoms with E-state index in [-0.39, 0.29) is 23.1 Å². The highest BCUT2D eigenvalue weighted by molar-refractivity contribution is 9.10. The molecule has 0 aliphatic heterocycles. The number of aromatic amines is 1. The molecule has 0 fully saturated rings. The Balaban J connectivity index is 2.96. The van der Waals surface area contributed by atoms with Gasteiger partial charge in [0.15, 0.2) is 5.43 Å². The number of carbonyl (C=O) groups is 1. The van der Waals surface area contributed by atoms with Gasteiger partial charge in [0.2, 0.25) is 0 Å². The molecule has 4 nitrogen and oxygen atoms in total. The minimum atomic E-state index is -0.279. The molecule has 0 radical (unpaired) electrons. The second-order valence-corrected chi connectivity index (χ2v) is 4.06. The maximum Gasteiger partial charge on any atom is 0.268 e. The lowest BCUT2D eigenvalue weighted by Gasteiger charge is -2.07. The number of pyridine rings is 1. The van der Waals surface area contributed by atoms with Crippen molar-refractivity contribution in [1.82, 2.24) is 10.3 Å². The molecule has 0 saturated carbocycles. The summed E-state index contributed by atoms with van der Waals surface area (Å²) in [6.07, 6.45) is 0. The molecule has 1 aromatic rings. The second-order valence-electron chi connectivity index (χ2n) is 3.21. The summed E-state index contributed by atoms with van der Waals surface area (Å²) >= 11 is 3.11. The smallest absolute Gasteiger partial charge is 0.268 e. The van der Waals surface area contributed by atoms with Crippen molar-refractivity contribution in [1.29, 1.82) is 0 Å². The predicted octanol–water partition coefficient (Wildman–Crippen LogP) is 1.28. The Labute approximate surface area is 89.9 Å². The molecule has 0 spiro atoms. The first-order valence-electron chi connectivity index (χ1n) is 4.20. The summed E-state index contributed by atoms with van der Waals surface area (Å²) in [6.45, 7) is 3.71. The zero-order chi connectivity index (χ0) is 10.7. The fourth-order valence-electron chi connectivity index (χ4n) is 0.972. The van der Waals surface area contributed by atoms with E-state index in [1.165, 1.54) is 12.1 Å². The van der Waals surface area contributed by atoms with Crippen LogP contribution in [-0.4, -0.2) is 16.9 Å². The zero-order valence-corrected chi connectivity index (χ0v) is 9.51. The summed E-state index contributed by atoms with van der Waals surface area (Å²) in [6, 6.07) is 2.68. The van der Waals surface area contributed by atoms with E-state index in [4.69, 9.17) is 0 Å². The summed E-state index contributed by atoms with van der Waals surface area (Å²) in [4.78, 5) is 25.3. The highest BCUT2D eigenvalue weighted by atomic mass is 79.9. The maximum atomic E-state index is 11.5. The van der Waals surface area contributed by atoms with Gasteiger partial charge in [-0.05, 0) is 29.8 Å². The fourth-order valence-corrected chi connectivity index (χ4v) is 1.41. The van der Waals surface area contributed by atoms with Gasteiger partial charge in [0, 0.05) is 18.2 Å². The van der Waals surface area contributed by atoms with Crippen molar-refractivity contribution in [2.45, 2.75) is 19.9 Å². The van der Waals surface area contributed by atoms with Gasteiger partial charge in [-0.25, -0.2) is 0 Å². The largest absolute Gasteiger partial charge is 0.349 e. The van der Waals surface area contributed by atoms with E-state index >= 15 is 0 Å². The van der Waals surface area contributed by atoms with Crippen molar-refractivity contribution in [2.24, 2.45) is 0 Å². The lowest BCUT2D eigenvalue weighted by atomic mass is 10.3. The van der Waals surface area contributed by atoms with Crippen LogP contribution < -0.4 is 10.7 Å². The molecule has 1 aromatic heterocycles. The van der Waals surface area contributed by atoms with E-state index in [9.17, 15) is 9.59 Å². The Bertz CT molecular complexity index is 398. The van der Waals surface area contributed by atoms with Crippen molar-refractivity contribution in [2.75, 3.05) is 0 Å². The second kappa shape index (κ2) is 4.41. The first kappa shape index (κ1) is 11.0. The van der Waals surface area contributed by atoms with Crippen molar-refractivity contribution < 1.29 is 4.79 Å². The summed E-state index contributed by atoms with van der Waals surface area (Å²) in [5.41, 5.74) is 0.0580. The molecule has 0 aliphatic carbocycles. The minimum absolute atomic E-state index is 0.0463. The monoisotopic (exact) mass is 258 g/mol. The first-order valence-corrected chi connectivity index (χ1v) is 4.99. The first-order chi connectivity index (χ1) is 6.49. The van der Waals surface area contributed by atoms with Gasteiger partial charge in [0.1, 0.15) is 5.69 Å². The molecular weight excluding hydrogens is 248 g/mol. The van der Waals surface area contributed by atoms with Gasteiger partial charge in [-0.2, -0.15) is 0 Å². The molecule has 1 heterocycles. The third kappa shape index (κ3) is 2.99. The Kier molecular flexibility index (Phi) is 3.46. The average molecular weight is 259 g/mol. The molecule has 5 heteroatoms. The topological polar surface area (TPSA) is 62.0 Å². The van der Waals surface area contributed by atoms with Gasteiger partial charge in [0.25, 0.3) is 5.91 Å². The Morgan fingerprint density at radius 1 is 1.50 bits per heavy atom. The molecule has 0 atom stereocenters. The Morgan fingerprint density at radius 3 is 2.64 bits per heavy atom.